The van der Waals surface area contributed by atoms with Crippen LogP contribution < -0.4 is 16.4 Å². The van der Waals surface area contributed by atoms with Crippen molar-refractivity contribution in [1.82, 2.24) is 5.32 Å². The zero-order chi connectivity index (χ0) is 19.7. The summed E-state index contributed by atoms with van der Waals surface area (Å²) >= 11 is 0. The van der Waals surface area contributed by atoms with Crippen molar-refractivity contribution in [3.8, 4) is 0 Å². The van der Waals surface area contributed by atoms with Crippen LogP contribution in [0.2, 0.25) is 0 Å². The van der Waals surface area contributed by atoms with E-state index in [4.69, 9.17) is 10.5 Å². The lowest BCUT2D eigenvalue weighted by molar-refractivity contribution is -0.144. The van der Waals surface area contributed by atoms with Gasteiger partial charge < -0.3 is 21.1 Å². The summed E-state index contributed by atoms with van der Waals surface area (Å²) in [7, 11) is 0. The fraction of sp³-hybridized carbons (Fsp3) is 0.526. The number of hydrogen-bond donors (Lipinski definition) is 3. The summed E-state index contributed by atoms with van der Waals surface area (Å²) in [5.41, 5.74) is 6.17. The number of nitrogens with one attached hydrogen (secondary N) is 2. The molecule has 1 aromatic rings. The van der Waals surface area contributed by atoms with Crippen molar-refractivity contribution < 1.29 is 19.1 Å². The molecule has 0 saturated heterocycles. The van der Waals surface area contributed by atoms with E-state index in [0.29, 0.717) is 24.1 Å². The second-order valence-corrected chi connectivity index (χ2v) is 6.17. The summed E-state index contributed by atoms with van der Waals surface area (Å²) in [4.78, 5) is 36.2. The van der Waals surface area contributed by atoms with Crippen molar-refractivity contribution in [2.75, 3.05) is 18.5 Å². The molecule has 0 bridgehead atoms. The van der Waals surface area contributed by atoms with Crippen LogP contribution in [0.3, 0.4) is 0 Å². The van der Waals surface area contributed by atoms with Gasteiger partial charge in [0.15, 0.2) is 0 Å². The van der Waals surface area contributed by atoms with Gasteiger partial charge >= 0.3 is 5.97 Å². The number of amides is 2. The van der Waals surface area contributed by atoms with Crippen LogP contribution in [0, 0.1) is 5.41 Å². The summed E-state index contributed by atoms with van der Waals surface area (Å²) in [6.07, 6.45) is 1.30. The molecule has 1 aromatic carbocycles. The number of ether oxygens (including phenoxy) is 1. The highest BCUT2D eigenvalue weighted by Crippen LogP contribution is 2.27. The lowest BCUT2D eigenvalue weighted by atomic mass is 9.81. The molecule has 7 nitrogen and oxygen atoms in total. The number of carbonyl (C=O) groups is 3. The maximum absolute atomic E-state index is 12.5. The van der Waals surface area contributed by atoms with Gasteiger partial charge in [0.1, 0.15) is 6.04 Å². The summed E-state index contributed by atoms with van der Waals surface area (Å²) in [6, 6.07) is 5.74. The van der Waals surface area contributed by atoms with Crippen LogP contribution in [0.4, 0.5) is 5.69 Å². The van der Waals surface area contributed by atoms with E-state index in [1.54, 1.807) is 38.1 Å². The van der Waals surface area contributed by atoms with E-state index in [9.17, 15) is 14.4 Å². The minimum Gasteiger partial charge on any atom is -0.464 e. The first-order chi connectivity index (χ1) is 12.3. The highest BCUT2D eigenvalue weighted by atomic mass is 16.5. The summed E-state index contributed by atoms with van der Waals surface area (Å²) in [6.45, 7) is 7.68. The van der Waals surface area contributed by atoms with Gasteiger partial charge in [-0.05, 0) is 51.0 Å². The molecule has 2 amide bonds. The third-order valence-corrected chi connectivity index (χ3v) is 4.62. The number of benzene rings is 1. The first kappa shape index (κ1) is 21.6. The number of rotatable bonds is 9. The van der Waals surface area contributed by atoms with Gasteiger partial charge in [-0.25, -0.2) is 4.79 Å². The zero-order valence-corrected chi connectivity index (χ0v) is 15.9. The van der Waals surface area contributed by atoms with Gasteiger partial charge in [0, 0.05) is 17.8 Å². The van der Waals surface area contributed by atoms with Gasteiger partial charge in [-0.3, -0.25) is 9.59 Å². The fourth-order valence-corrected chi connectivity index (χ4v) is 2.53. The number of esters is 1. The Labute approximate surface area is 154 Å². The van der Waals surface area contributed by atoms with Crippen molar-refractivity contribution in [3.05, 3.63) is 29.8 Å². The van der Waals surface area contributed by atoms with E-state index in [1.807, 2.05) is 13.8 Å². The number of hydrogen-bond acceptors (Lipinski definition) is 5. The second kappa shape index (κ2) is 9.91. The highest BCUT2D eigenvalue weighted by molar-refractivity contribution is 5.98. The maximum atomic E-state index is 12.5. The highest BCUT2D eigenvalue weighted by Gasteiger charge is 2.33. The Bertz CT molecular complexity index is 616. The minimum absolute atomic E-state index is 0.127. The van der Waals surface area contributed by atoms with E-state index < -0.39 is 17.4 Å². The van der Waals surface area contributed by atoms with Crippen LogP contribution >= 0.6 is 0 Å². The summed E-state index contributed by atoms with van der Waals surface area (Å²) in [5.74, 6) is -0.998. The molecule has 1 rings (SSSR count). The Morgan fingerprint density at radius 1 is 1.12 bits per heavy atom. The summed E-state index contributed by atoms with van der Waals surface area (Å²) < 4.78 is 4.86. The third-order valence-electron chi connectivity index (χ3n) is 4.62. The molecule has 1 unspecified atom stereocenters. The topological polar surface area (TPSA) is 111 Å². The monoisotopic (exact) mass is 363 g/mol. The first-order valence-electron chi connectivity index (χ1n) is 8.92. The Kier molecular flexibility index (Phi) is 8.25. The van der Waals surface area contributed by atoms with Gasteiger partial charge in [-0.2, -0.15) is 0 Å². The van der Waals surface area contributed by atoms with Crippen LogP contribution in [0.15, 0.2) is 24.3 Å². The van der Waals surface area contributed by atoms with E-state index in [0.717, 1.165) is 0 Å². The van der Waals surface area contributed by atoms with Crippen LogP contribution in [0.1, 0.15) is 50.9 Å². The van der Waals surface area contributed by atoms with Crippen molar-refractivity contribution >= 4 is 23.5 Å². The average molecular weight is 363 g/mol. The van der Waals surface area contributed by atoms with E-state index in [-0.39, 0.29) is 25.0 Å². The quantitative estimate of drug-likeness (QED) is 0.582. The minimum atomic E-state index is -0.735. The van der Waals surface area contributed by atoms with E-state index in [2.05, 4.69) is 10.6 Å². The van der Waals surface area contributed by atoms with Crippen LogP contribution in [-0.2, 0) is 14.3 Å². The Balaban J connectivity index is 2.75. The smallest absolute Gasteiger partial charge is 0.328 e. The predicted octanol–water partition coefficient (Wildman–Crippen LogP) is 2.07. The molecule has 0 aliphatic heterocycles. The largest absolute Gasteiger partial charge is 0.464 e. The molecule has 0 heterocycles. The molecule has 0 aromatic heterocycles. The SMILES string of the molecule is CCOC(=O)C(C)NC(=O)c1ccc(NC(=O)C(CC)(CC)CN)cc1. The standard InChI is InChI=1S/C19H29N3O4/c1-5-19(6-2,12-20)18(25)22-15-10-8-14(9-11-15)16(23)21-13(4)17(24)26-7-3/h8-11,13H,5-7,12,20H2,1-4H3,(H,21,23)(H,22,25). The number of nitrogens with two attached hydrogens (primary N) is 1. The normalized spacial score (nSPS) is 12.2. The van der Waals surface area contributed by atoms with Crippen LogP contribution in [-0.4, -0.2) is 37.0 Å². The van der Waals surface area contributed by atoms with Crippen LogP contribution in [0.25, 0.3) is 0 Å². The lowest BCUT2D eigenvalue weighted by Gasteiger charge is -2.28. The molecule has 7 heteroatoms. The van der Waals surface area contributed by atoms with E-state index >= 15 is 0 Å². The molecule has 144 valence electrons. The molecule has 0 saturated carbocycles. The lowest BCUT2D eigenvalue weighted by Crippen LogP contribution is -2.41. The van der Waals surface area contributed by atoms with Gasteiger partial charge in [-0.1, -0.05) is 13.8 Å². The van der Waals surface area contributed by atoms with Gasteiger partial charge in [0.05, 0.1) is 12.0 Å². The van der Waals surface area contributed by atoms with Gasteiger partial charge in [0.25, 0.3) is 5.91 Å². The van der Waals surface area contributed by atoms with Crippen molar-refractivity contribution in [3.63, 3.8) is 0 Å². The molecule has 0 fully saturated rings. The van der Waals surface area contributed by atoms with Crippen molar-refractivity contribution in [2.24, 2.45) is 11.1 Å². The van der Waals surface area contributed by atoms with Crippen LogP contribution in [0.5, 0.6) is 0 Å². The second-order valence-electron chi connectivity index (χ2n) is 6.17. The molecular formula is C19H29N3O4. The van der Waals surface area contributed by atoms with Gasteiger partial charge in [0.2, 0.25) is 5.91 Å². The van der Waals surface area contributed by atoms with Crippen molar-refractivity contribution in [1.29, 1.82) is 0 Å². The Morgan fingerprint density at radius 3 is 2.15 bits per heavy atom. The molecule has 0 spiro atoms. The molecule has 0 aliphatic rings. The molecule has 26 heavy (non-hydrogen) atoms. The first-order valence-corrected chi connectivity index (χ1v) is 8.92. The predicted molar refractivity (Wildman–Crippen MR) is 101 cm³/mol. The van der Waals surface area contributed by atoms with Crippen molar-refractivity contribution in [2.45, 2.75) is 46.6 Å². The molecular weight excluding hydrogens is 334 g/mol. The Hall–Kier alpha value is -2.41. The molecule has 4 N–H and O–H groups in total. The molecule has 0 aliphatic carbocycles. The molecule has 0 radical (unpaired) electrons. The maximum Gasteiger partial charge on any atom is 0.328 e. The molecule has 1 atom stereocenters. The third kappa shape index (κ3) is 5.29. The average Bonchev–Trinajstić information content (AvgIpc) is 2.64. The number of anilines is 1. The fourth-order valence-electron chi connectivity index (χ4n) is 2.53. The number of carbonyl (C=O) groups excluding carboxylic acids is 3. The van der Waals surface area contributed by atoms with Gasteiger partial charge in [-0.15, -0.1) is 0 Å². The summed E-state index contributed by atoms with van der Waals surface area (Å²) in [5, 5.41) is 5.43. The van der Waals surface area contributed by atoms with E-state index in [1.165, 1.54) is 0 Å². The zero-order valence-electron chi connectivity index (χ0n) is 15.9. The Morgan fingerprint density at radius 2 is 1.69 bits per heavy atom.